The number of pyridine rings is 1. The lowest BCUT2D eigenvalue weighted by molar-refractivity contribution is 0.424. The van der Waals surface area contributed by atoms with Crippen molar-refractivity contribution in [2.24, 2.45) is 0 Å². The first-order chi connectivity index (χ1) is 9.64. The molecule has 1 N–H and O–H groups in total. The fourth-order valence-corrected chi connectivity index (χ4v) is 2.30. The van der Waals surface area contributed by atoms with E-state index in [0.29, 0.717) is 12.0 Å². The molecule has 0 aliphatic rings. The number of rotatable bonds is 6. The van der Waals surface area contributed by atoms with Crippen LogP contribution in [0.25, 0.3) is 0 Å². The Labute approximate surface area is 131 Å². The van der Waals surface area contributed by atoms with Gasteiger partial charge < -0.3 is 10.2 Å². The van der Waals surface area contributed by atoms with E-state index < -0.39 is 0 Å². The molecule has 1 aromatic rings. The van der Waals surface area contributed by atoms with Gasteiger partial charge in [-0.15, -0.1) is 0 Å². The van der Waals surface area contributed by atoms with E-state index in [-0.39, 0.29) is 5.54 Å². The summed E-state index contributed by atoms with van der Waals surface area (Å²) >= 11 is 0. The third-order valence-corrected chi connectivity index (χ3v) is 3.56. The molecule has 0 bridgehead atoms. The van der Waals surface area contributed by atoms with E-state index in [4.69, 9.17) is 4.98 Å². The molecule has 1 rings (SSSR count). The largest absolute Gasteiger partial charge is 0.354 e. The molecule has 0 unspecified atom stereocenters. The van der Waals surface area contributed by atoms with Gasteiger partial charge in [-0.25, -0.2) is 4.98 Å². The maximum absolute atomic E-state index is 4.87. The normalized spacial score (nSPS) is 12.3. The number of nitrogens with one attached hydrogen (secondary N) is 1. The number of anilines is 1. The van der Waals surface area contributed by atoms with Gasteiger partial charge in [-0.05, 0) is 65.2 Å². The second-order valence-electron chi connectivity index (χ2n) is 7.40. The van der Waals surface area contributed by atoms with Crippen LogP contribution in [0.15, 0.2) is 12.1 Å². The molecule has 0 saturated carbocycles. The molecule has 3 heteroatoms. The summed E-state index contributed by atoms with van der Waals surface area (Å²) in [5.41, 5.74) is 2.62. The van der Waals surface area contributed by atoms with Gasteiger partial charge in [0.05, 0.1) is 0 Å². The van der Waals surface area contributed by atoms with Crippen molar-refractivity contribution in [2.75, 3.05) is 11.4 Å². The van der Waals surface area contributed by atoms with E-state index in [9.17, 15) is 0 Å². The molecule has 0 amide bonds. The van der Waals surface area contributed by atoms with Gasteiger partial charge in [-0.3, -0.25) is 0 Å². The van der Waals surface area contributed by atoms with Crippen LogP contribution < -0.4 is 10.2 Å². The minimum absolute atomic E-state index is 0.129. The highest BCUT2D eigenvalue weighted by Gasteiger charge is 2.15. The van der Waals surface area contributed by atoms with Crippen molar-refractivity contribution in [1.29, 1.82) is 0 Å². The zero-order valence-electron chi connectivity index (χ0n) is 15.1. The minimum Gasteiger partial charge on any atom is -0.354 e. The van der Waals surface area contributed by atoms with Crippen LogP contribution in [-0.2, 0) is 6.54 Å². The first kappa shape index (κ1) is 18.0. The Hall–Kier alpha value is -1.09. The van der Waals surface area contributed by atoms with Crippen LogP contribution in [0.3, 0.4) is 0 Å². The zero-order valence-corrected chi connectivity index (χ0v) is 15.1. The molecule has 120 valence electrons. The molecule has 1 aromatic heterocycles. The van der Waals surface area contributed by atoms with E-state index in [2.05, 4.69) is 77.7 Å². The predicted octanol–water partition coefficient (Wildman–Crippen LogP) is 4.33. The highest BCUT2D eigenvalue weighted by Crippen LogP contribution is 2.22. The first-order valence-corrected chi connectivity index (χ1v) is 8.16. The summed E-state index contributed by atoms with van der Waals surface area (Å²) in [6.45, 7) is 19.5. The lowest BCUT2D eigenvalue weighted by Gasteiger charge is -2.28. The van der Waals surface area contributed by atoms with Crippen LogP contribution in [0.5, 0.6) is 0 Å². The Bertz CT molecular complexity index is 444. The summed E-state index contributed by atoms with van der Waals surface area (Å²) in [5.74, 6) is 1.55. The summed E-state index contributed by atoms with van der Waals surface area (Å²) in [6.07, 6.45) is 0. The van der Waals surface area contributed by atoms with Gasteiger partial charge in [0.15, 0.2) is 0 Å². The van der Waals surface area contributed by atoms with Gasteiger partial charge in [0.25, 0.3) is 0 Å². The van der Waals surface area contributed by atoms with E-state index in [1.54, 1.807) is 0 Å². The third-order valence-electron chi connectivity index (χ3n) is 3.56. The molecule has 0 aromatic carbocycles. The van der Waals surface area contributed by atoms with Crippen molar-refractivity contribution in [2.45, 2.75) is 79.4 Å². The maximum Gasteiger partial charge on any atom is 0.129 e. The first-order valence-electron chi connectivity index (χ1n) is 8.16. The summed E-state index contributed by atoms with van der Waals surface area (Å²) in [7, 11) is 0. The van der Waals surface area contributed by atoms with Crippen molar-refractivity contribution in [1.82, 2.24) is 10.3 Å². The van der Waals surface area contributed by atoms with Crippen LogP contribution in [0.1, 0.15) is 72.6 Å². The number of hydrogen-bond donors (Lipinski definition) is 1. The second-order valence-corrected chi connectivity index (χ2v) is 7.40. The minimum atomic E-state index is 0.129. The average molecular weight is 291 g/mol. The Morgan fingerprint density at radius 2 is 1.76 bits per heavy atom. The van der Waals surface area contributed by atoms with Crippen molar-refractivity contribution >= 4 is 5.82 Å². The Morgan fingerprint density at radius 1 is 1.14 bits per heavy atom. The van der Waals surface area contributed by atoms with Gasteiger partial charge in [0.1, 0.15) is 5.82 Å². The summed E-state index contributed by atoms with van der Waals surface area (Å²) < 4.78 is 0. The van der Waals surface area contributed by atoms with Crippen LogP contribution in [0.2, 0.25) is 0 Å². The zero-order chi connectivity index (χ0) is 16.2. The molecule has 0 spiro atoms. The molecule has 3 nitrogen and oxygen atoms in total. The monoisotopic (exact) mass is 291 g/mol. The van der Waals surface area contributed by atoms with Crippen molar-refractivity contribution in [3.63, 3.8) is 0 Å². The SMILES string of the molecule is CCN(c1cc(CNC(C)(C)C)cc(C(C)C)n1)C(C)C. The highest BCUT2D eigenvalue weighted by molar-refractivity contribution is 5.44. The Morgan fingerprint density at radius 3 is 2.19 bits per heavy atom. The van der Waals surface area contributed by atoms with Crippen LogP contribution >= 0.6 is 0 Å². The fraction of sp³-hybridized carbons (Fsp3) is 0.722. The Kier molecular flexibility index (Phi) is 6.21. The molecular weight excluding hydrogens is 258 g/mol. The third kappa shape index (κ3) is 5.66. The predicted molar refractivity (Wildman–Crippen MR) is 93.1 cm³/mol. The molecule has 0 atom stereocenters. The smallest absolute Gasteiger partial charge is 0.129 e. The quantitative estimate of drug-likeness (QED) is 0.845. The second kappa shape index (κ2) is 7.26. The molecule has 21 heavy (non-hydrogen) atoms. The van der Waals surface area contributed by atoms with Crippen LogP contribution in [-0.4, -0.2) is 23.1 Å². The van der Waals surface area contributed by atoms with E-state index in [0.717, 1.165) is 18.9 Å². The molecule has 0 aliphatic heterocycles. The van der Waals surface area contributed by atoms with Crippen molar-refractivity contribution < 1.29 is 0 Å². The Balaban J connectivity index is 3.11. The van der Waals surface area contributed by atoms with Gasteiger partial charge in [-0.2, -0.15) is 0 Å². The number of nitrogens with zero attached hydrogens (tertiary/aromatic N) is 2. The molecule has 0 aliphatic carbocycles. The van der Waals surface area contributed by atoms with Gasteiger partial charge in [-0.1, -0.05) is 13.8 Å². The summed E-state index contributed by atoms with van der Waals surface area (Å²) in [4.78, 5) is 7.22. The van der Waals surface area contributed by atoms with Crippen LogP contribution in [0, 0.1) is 0 Å². The maximum atomic E-state index is 4.87. The number of aromatic nitrogens is 1. The van der Waals surface area contributed by atoms with Crippen molar-refractivity contribution in [3.8, 4) is 0 Å². The summed E-state index contributed by atoms with van der Waals surface area (Å²) in [5, 5.41) is 3.57. The molecule has 0 radical (unpaired) electrons. The van der Waals surface area contributed by atoms with Gasteiger partial charge in [0, 0.05) is 30.4 Å². The molecule has 1 heterocycles. The fourth-order valence-electron chi connectivity index (χ4n) is 2.30. The van der Waals surface area contributed by atoms with Crippen LogP contribution in [0.4, 0.5) is 5.82 Å². The standard InChI is InChI=1S/C18H33N3/c1-9-21(14(4)5)17-11-15(12-19-18(6,7)8)10-16(20-17)13(2)3/h10-11,13-14,19H,9,12H2,1-8H3. The van der Waals surface area contributed by atoms with Gasteiger partial charge in [0.2, 0.25) is 0 Å². The lowest BCUT2D eigenvalue weighted by atomic mass is 10.0. The highest BCUT2D eigenvalue weighted by atomic mass is 15.2. The summed E-state index contributed by atoms with van der Waals surface area (Å²) in [6, 6.07) is 4.93. The molecular formula is C18H33N3. The topological polar surface area (TPSA) is 28.2 Å². The van der Waals surface area contributed by atoms with E-state index >= 15 is 0 Å². The van der Waals surface area contributed by atoms with E-state index in [1.807, 2.05) is 0 Å². The molecule has 0 saturated heterocycles. The lowest BCUT2D eigenvalue weighted by Crippen LogP contribution is -2.35. The number of hydrogen-bond acceptors (Lipinski definition) is 3. The van der Waals surface area contributed by atoms with Gasteiger partial charge >= 0.3 is 0 Å². The molecule has 0 fully saturated rings. The van der Waals surface area contributed by atoms with Crippen molar-refractivity contribution in [3.05, 3.63) is 23.4 Å². The average Bonchev–Trinajstić information content (AvgIpc) is 2.35. The van der Waals surface area contributed by atoms with E-state index in [1.165, 1.54) is 11.3 Å².